The van der Waals surface area contributed by atoms with Crippen molar-refractivity contribution in [1.29, 1.82) is 0 Å². The van der Waals surface area contributed by atoms with Crippen molar-refractivity contribution in [1.82, 2.24) is 0 Å². The molecule has 0 heterocycles. The zero-order valence-electron chi connectivity index (χ0n) is 6.48. The fourth-order valence-electron chi connectivity index (χ4n) is 0.913. The van der Waals surface area contributed by atoms with Crippen molar-refractivity contribution in [2.75, 3.05) is 0 Å². The van der Waals surface area contributed by atoms with E-state index in [1.165, 1.54) is 12.1 Å². The molecular weight excluding hydrogens is 247 g/mol. The maximum atomic E-state index is 12.7. The van der Waals surface area contributed by atoms with Gasteiger partial charge >= 0.3 is 0 Å². The molecule has 0 saturated heterocycles. The molecule has 0 aliphatic heterocycles. The van der Waals surface area contributed by atoms with E-state index in [1.54, 1.807) is 0 Å². The van der Waals surface area contributed by atoms with Crippen molar-refractivity contribution in [3.8, 4) is 0 Å². The Bertz CT molecular complexity index is 283. The van der Waals surface area contributed by atoms with Gasteiger partial charge in [-0.3, -0.25) is 0 Å². The lowest BCUT2D eigenvalue weighted by molar-refractivity contribution is 0.116. The number of hydrogen-bond acceptors (Lipinski definition) is 1. The lowest BCUT2D eigenvalue weighted by atomic mass is 10.1. The minimum absolute atomic E-state index is 0.0851. The third kappa shape index (κ3) is 2.70. The van der Waals surface area contributed by atoms with E-state index in [9.17, 15) is 13.2 Å². The van der Waals surface area contributed by atoms with Crippen molar-refractivity contribution in [2.24, 2.45) is 5.73 Å². The molecular formula is C8H7BrF3N. The Morgan fingerprint density at radius 2 is 1.85 bits per heavy atom. The maximum absolute atomic E-state index is 12.7. The van der Waals surface area contributed by atoms with Crippen molar-refractivity contribution in [3.05, 3.63) is 34.1 Å². The van der Waals surface area contributed by atoms with Crippen LogP contribution in [0.1, 0.15) is 11.6 Å². The summed E-state index contributed by atoms with van der Waals surface area (Å²) in [5.74, 6) is -0.583. The molecule has 0 aromatic heterocycles. The number of alkyl halides is 2. The van der Waals surface area contributed by atoms with Gasteiger partial charge in [0, 0.05) is 4.47 Å². The van der Waals surface area contributed by atoms with Gasteiger partial charge in [0.15, 0.2) is 0 Å². The molecule has 1 nitrogen and oxygen atoms in total. The molecule has 0 fully saturated rings. The van der Waals surface area contributed by atoms with Gasteiger partial charge in [-0.25, -0.2) is 13.2 Å². The Hall–Kier alpha value is -0.550. The van der Waals surface area contributed by atoms with Gasteiger partial charge in [0.1, 0.15) is 5.82 Å². The molecule has 0 spiro atoms. The summed E-state index contributed by atoms with van der Waals surface area (Å²) in [6.45, 7) is 0. The van der Waals surface area contributed by atoms with Crippen LogP contribution in [0.5, 0.6) is 0 Å². The first-order valence-corrected chi connectivity index (χ1v) is 4.29. The summed E-state index contributed by atoms with van der Waals surface area (Å²) < 4.78 is 37.4. The second-order valence-electron chi connectivity index (χ2n) is 2.56. The standard InChI is InChI=1S/C8H7BrF3N/c9-5-1-4(2-6(10)3-5)7(13)8(11)12/h1-3,7-8H,13H2. The Kier molecular flexibility index (Phi) is 3.33. The third-order valence-corrected chi connectivity index (χ3v) is 2.00. The predicted molar refractivity (Wildman–Crippen MR) is 47.0 cm³/mol. The lowest BCUT2D eigenvalue weighted by Crippen LogP contribution is -2.18. The third-order valence-electron chi connectivity index (χ3n) is 1.54. The van der Waals surface area contributed by atoms with Crippen LogP contribution in [0.2, 0.25) is 0 Å². The second-order valence-corrected chi connectivity index (χ2v) is 3.48. The van der Waals surface area contributed by atoms with Crippen LogP contribution >= 0.6 is 15.9 Å². The first-order chi connectivity index (χ1) is 6.00. The van der Waals surface area contributed by atoms with Crippen LogP contribution in [-0.2, 0) is 0 Å². The second kappa shape index (κ2) is 4.11. The zero-order valence-corrected chi connectivity index (χ0v) is 8.06. The van der Waals surface area contributed by atoms with Crippen LogP contribution in [-0.4, -0.2) is 6.43 Å². The number of hydrogen-bond donors (Lipinski definition) is 1. The van der Waals surface area contributed by atoms with Gasteiger partial charge in [0.05, 0.1) is 6.04 Å². The van der Waals surface area contributed by atoms with E-state index in [0.717, 1.165) is 6.07 Å². The molecule has 1 aromatic rings. The summed E-state index contributed by atoms with van der Waals surface area (Å²) in [6.07, 6.45) is -2.69. The zero-order chi connectivity index (χ0) is 10.0. The van der Waals surface area contributed by atoms with Gasteiger partial charge in [0.2, 0.25) is 0 Å². The molecule has 0 amide bonds. The monoisotopic (exact) mass is 253 g/mol. The first kappa shape index (κ1) is 10.5. The first-order valence-electron chi connectivity index (χ1n) is 3.50. The largest absolute Gasteiger partial charge is 0.319 e. The molecule has 13 heavy (non-hydrogen) atoms. The summed E-state index contributed by atoms with van der Waals surface area (Å²) >= 11 is 2.99. The molecule has 0 radical (unpaired) electrons. The SMILES string of the molecule is NC(c1cc(F)cc(Br)c1)C(F)F. The summed E-state index contributed by atoms with van der Waals surface area (Å²) in [7, 11) is 0. The number of rotatable bonds is 2. The molecule has 0 aliphatic carbocycles. The fourth-order valence-corrected chi connectivity index (χ4v) is 1.40. The smallest absolute Gasteiger partial charge is 0.257 e. The molecule has 2 N–H and O–H groups in total. The Labute approximate surface area is 81.9 Å². The quantitative estimate of drug-likeness (QED) is 0.862. The summed E-state index contributed by atoms with van der Waals surface area (Å²) in [5, 5.41) is 0. The number of nitrogens with two attached hydrogens (primary N) is 1. The van der Waals surface area contributed by atoms with E-state index < -0.39 is 18.3 Å². The van der Waals surface area contributed by atoms with Crippen LogP contribution in [0.3, 0.4) is 0 Å². The van der Waals surface area contributed by atoms with Crippen molar-refractivity contribution >= 4 is 15.9 Å². The van der Waals surface area contributed by atoms with Gasteiger partial charge in [-0.05, 0) is 23.8 Å². The average Bonchev–Trinajstić information content (AvgIpc) is 2.01. The molecule has 1 atom stereocenters. The summed E-state index contributed by atoms with van der Waals surface area (Å²) in [6, 6.07) is 2.12. The Morgan fingerprint density at radius 3 is 2.31 bits per heavy atom. The van der Waals surface area contributed by atoms with Gasteiger partial charge in [-0.15, -0.1) is 0 Å². The Morgan fingerprint density at radius 1 is 1.23 bits per heavy atom. The van der Waals surface area contributed by atoms with Crippen LogP contribution < -0.4 is 5.73 Å². The summed E-state index contributed by atoms with van der Waals surface area (Å²) in [5.41, 5.74) is 5.22. The van der Waals surface area contributed by atoms with E-state index in [4.69, 9.17) is 5.73 Å². The topological polar surface area (TPSA) is 26.0 Å². The van der Waals surface area contributed by atoms with Crippen molar-refractivity contribution < 1.29 is 13.2 Å². The van der Waals surface area contributed by atoms with E-state index >= 15 is 0 Å². The molecule has 1 rings (SSSR count). The molecule has 0 bridgehead atoms. The van der Waals surface area contributed by atoms with Gasteiger partial charge < -0.3 is 5.73 Å². The van der Waals surface area contributed by atoms with E-state index in [1.807, 2.05) is 0 Å². The van der Waals surface area contributed by atoms with E-state index in [2.05, 4.69) is 15.9 Å². The van der Waals surface area contributed by atoms with Crippen LogP contribution in [0.25, 0.3) is 0 Å². The predicted octanol–water partition coefficient (Wildman–Crippen LogP) is 2.85. The van der Waals surface area contributed by atoms with E-state index in [0.29, 0.717) is 4.47 Å². The highest BCUT2D eigenvalue weighted by molar-refractivity contribution is 9.10. The normalized spacial score (nSPS) is 13.4. The van der Waals surface area contributed by atoms with Gasteiger partial charge in [0.25, 0.3) is 6.43 Å². The van der Waals surface area contributed by atoms with Crippen molar-refractivity contribution in [3.63, 3.8) is 0 Å². The highest BCUT2D eigenvalue weighted by Gasteiger charge is 2.18. The summed E-state index contributed by atoms with van der Waals surface area (Å²) in [4.78, 5) is 0. The molecule has 1 aromatic carbocycles. The average molecular weight is 254 g/mol. The van der Waals surface area contributed by atoms with Crippen LogP contribution in [0.4, 0.5) is 13.2 Å². The highest BCUT2D eigenvalue weighted by Crippen LogP contribution is 2.22. The van der Waals surface area contributed by atoms with Gasteiger partial charge in [-0.1, -0.05) is 15.9 Å². The Balaban J connectivity index is 3.01. The molecule has 0 saturated carbocycles. The highest BCUT2D eigenvalue weighted by atomic mass is 79.9. The van der Waals surface area contributed by atoms with Gasteiger partial charge in [-0.2, -0.15) is 0 Å². The number of benzene rings is 1. The minimum Gasteiger partial charge on any atom is -0.319 e. The van der Waals surface area contributed by atoms with Crippen LogP contribution in [0, 0.1) is 5.82 Å². The van der Waals surface area contributed by atoms with Crippen LogP contribution in [0.15, 0.2) is 22.7 Å². The maximum Gasteiger partial charge on any atom is 0.257 e. The lowest BCUT2D eigenvalue weighted by Gasteiger charge is -2.10. The van der Waals surface area contributed by atoms with E-state index in [-0.39, 0.29) is 5.56 Å². The fraction of sp³-hybridized carbons (Fsp3) is 0.250. The minimum atomic E-state index is -2.69. The molecule has 1 unspecified atom stereocenters. The molecule has 5 heteroatoms. The molecule has 0 aliphatic rings. The number of halogens is 4. The molecule has 72 valence electrons. The van der Waals surface area contributed by atoms with Crippen molar-refractivity contribution in [2.45, 2.75) is 12.5 Å².